The van der Waals surface area contributed by atoms with E-state index in [9.17, 15) is 0 Å². The summed E-state index contributed by atoms with van der Waals surface area (Å²) in [6, 6.07) is 15.2. The van der Waals surface area contributed by atoms with E-state index in [0.717, 1.165) is 16.9 Å². The molecule has 3 aromatic rings. The van der Waals surface area contributed by atoms with E-state index in [4.69, 9.17) is 16.3 Å². The van der Waals surface area contributed by atoms with Gasteiger partial charge in [-0.1, -0.05) is 29.8 Å². The van der Waals surface area contributed by atoms with Gasteiger partial charge in [0.15, 0.2) is 0 Å². The number of rotatable bonds is 3. The van der Waals surface area contributed by atoms with Crippen molar-refractivity contribution >= 4 is 11.6 Å². The molecule has 0 aliphatic heterocycles. The van der Waals surface area contributed by atoms with Gasteiger partial charge in [-0.2, -0.15) is 0 Å². The van der Waals surface area contributed by atoms with Gasteiger partial charge in [-0.3, -0.25) is 4.98 Å². The lowest BCUT2D eigenvalue weighted by atomic mass is 10.1. The van der Waals surface area contributed by atoms with Crippen molar-refractivity contribution in [2.45, 2.75) is 0 Å². The van der Waals surface area contributed by atoms with E-state index in [1.165, 1.54) is 0 Å². The number of halogens is 1. The van der Waals surface area contributed by atoms with Gasteiger partial charge >= 0.3 is 0 Å². The van der Waals surface area contributed by atoms with Crippen LogP contribution in [0.2, 0.25) is 5.15 Å². The van der Waals surface area contributed by atoms with Crippen LogP contribution in [-0.4, -0.2) is 9.97 Å². The Morgan fingerprint density at radius 2 is 1.85 bits per heavy atom. The van der Waals surface area contributed by atoms with Gasteiger partial charge in [-0.05, 0) is 35.9 Å². The summed E-state index contributed by atoms with van der Waals surface area (Å²) in [7, 11) is 0. The molecule has 0 amide bonds. The molecule has 0 aliphatic carbocycles. The van der Waals surface area contributed by atoms with Crippen molar-refractivity contribution in [3.8, 4) is 22.6 Å². The molecule has 0 saturated carbocycles. The lowest BCUT2D eigenvalue weighted by Gasteiger charge is -2.11. The molecular weight excluding hydrogens is 272 g/mol. The lowest BCUT2D eigenvalue weighted by molar-refractivity contribution is 0.482. The van der Waals surface area contributed by atoms with Crippen molar-refractivity contribution in [3.63, 3.8) is 0 Å². The third-order valence-electron chi connectivity index (χ3n) is 2.79. The van der Waals surface area contributed by atoms with Crippen LogP contribution in [0.1, 0.15) is 0 Å². The summed E-state index contributed by atoms with van der Waals surface area (Å²) in [5.41, 5.74) is 1.92. The minimum Gasteiger partial charge on any atom is -0.455 e. The summed E-state index contributed by atoms with van der Waals surface area (Å²) >= 11 is 5.95. The summed E-state index contributed by atoms with van der Waals surface area (Å²) in [6.07, 6.45) is 5.07. The van der Waals surface area contributed by atoms with Gasteiger partial charge in [0.25, 0.3) is 0 Å². The predicted molar refractivity (Wildman–Crippen MR) is 79.0 cm³/mol. The van der Waals surface area contributed by atoms with Gasteiger partial charge < -0.3 is 4.74 Å². The molecule has 0 bridgehead atoms. The van der Waals surface area contributed by atoms with Gasteiger partial charge in [0.05, 0.1) is 6.20 Å². The Hall–Kier alpha value is -2.39. The zero-order valence-electron chi connectivity index (χ0n) is 10.5. The highest BCUT2D eigenvalue weighted by Crippen LogP contribution is 2.33. The van der Waals surface area contributed by atoms with Crippen LogP contribution in [0.3, 0.4) is 0 Å². The molecule has 0 saturated heterocycles. The van der Waals surface area contributed by atoms with Crippen molar-refractivity contribution in [1.82, 2.24) is 9.97 Å². The number of aromatic nitrogens is 2. The highest BCUT2D eigenvalue weighted by molar-refractivity contribution is 6.29. The van der Waals surface area contributed by atoms with Crippen LogP contribution in [0.25, 0.3) is 11.1 Å². The first-order valence-electron chi connectivity index (χ1n) is 6.12. The van der Waals surface area contributed by atoms with Gasteiger partial charge in [-0.15, -0.1) is 0 Å². The van der Waals surface area contributed by atoms with E-state index in [2.05, 4.69) is 9.97 Å². The summed E-state index contributed by atoms with van der Waals surface area (Å²) in [5, 5.41) is 0.457. The second-order valence-corrected chi connectivity index (χ2v) is 4.54. The third-order valence-corrected chi connectivity index (χ3v) is 2.99. The number of pyridine rings is 2. The molecule has 2 aromatic heterocycles. The number of hydrogen-bond acceptors (Lipinski definition) is 3. The Morgan fingerprint density at radius 3 is 2.65 bits per heavy atom. The van der Waals surface area contributed by atoms with E-state index in [-0.39, 0.29) is 0 Å². The fourth-order valence-corrected chi connectivity index (χ4v) is 2.07. The average molecular weight is 283 g/mol. The molecule has 0 spiro atoms. The highest BCUT2D eigenvalue weighted by Gasteiger charge is 2.07. The van der Waals surface area contributed by atoms with Crippen LogP contribution in [0.15, 0.2) is 67.1 Å². The van der Waals surface area contributed by atoms with E-state index in [1.54, 1.807) is 18.6 Å². The van der Waals surface area contributed by atoms with E-state index in [0.29, 0.717) is 10.9 Å². The number of nitrogens with zero attached hydrogens (tertiary/aromatic N) is 2. The summed E-state index contributed by atoms with van der Waals surface area (Å²) < 4.78 is 5.88. The molecule has 0 atom stereocenters. The molecule has 2 heterocycles. The minimum atomic E-state index is 0.457. The molecule has 3 rings (SSSR count). The van der Waals surface area contributed by atoms with Crippen LogP contribution >= 0.6 is 11.6 Å². The van der Waals surface area contributed by atoms with Crippen LogP contribution < -0.4 is 4.74 Å². The molecular formula is C16H11ClN2O. The van der Waals surface area contributed by atoms with Crippen LogP contribution in [0, 0.1) is 0 Å². The molecule has 0 fully saturated rings. The Labute approximate surface area is 121 Å². The van der Waals surface area contributed by atoms with Crippen molar-refractivity contribution < 1.29 is 4.74 Å². The first kappa shape index (κ1) is 12.6. The molecule has 0 radical (unpaired) electrons. The molecule has 0 unspecified atom stereocenters. The van der Waals surface area contributed by atoms with E-state index >= 15 is 0 Å². The second-order valence-electron chi connectivity index (χ2n) is 4.15. The first-order chi connectivity index (χ1) is 9.83. The summed E-state index contributed by atoms with van der Waals surface area (Å²) in [5.74, 6) is 1.45. The Kier molecular flexibility index (Phi) is 3.61. The molecule has 20 heavy (non-hydrogen) atoms. The van der Waals surface area contributed by atoms with Crippen molar-refractivity contribution in [3.05, 3.63) is 72.3 Å². The van der Waals surface area contributed by atoms with Crippen molar-refractivity contribution in [1.29, 1.82) is 0 Å². The SMILES string of the molecule is Clc1cc(-c2ccccc2Oc2cccnc2)ccn1. The monoisotopic (exact) mass is 282 g/mol. The second kappa shape index (κ2) is 5.72. The largest absolute Gasteiger partial charge is 0.455 e. The maximum atomic E-state index is 5.95. The molecule has 0 aliphatic rings. The molecule has 98 valence electrons. The Morgan fingerprint density at radius 1 is 0.950 bits per heavy atom. The van der Waals surface area contributed by atoms with Crippen LogP contribution in [0.5, 0.6) is 11.5 Å². The maximum Gasteiger partial charge on any atom is 0.145 e. The van der Waals surface area contributed by atoms with Crippen molar-refractivity contribution in [2.24, 2.45) is 0 Å². The molecule has 3 nitrogen and oxygen atoms in total. The van der Waals surface area contributed by atoms with E-state index in [1.807, 2.05) is 48.5 Å². The topological polar surface area (TPSA) is 35.0 Å². The smallest absolute Gasteiger partial charge is 0.145 e. The third kappa shape index (κ3) is 2.78. The summed E-state index contributed by atoms with van der Waals surface area (Å²) in [6.45, 7) is 0. The van der Waals surface area contributed by atoms with Gasteiger partial charge in [0.1, 0.15) is 16.7 Å². The zero-order chi connectivity index (χ0) is 13.8. The van der Waals surface area contributed by atoms with Gasteiger partial charge in [-0.25, -0.2) is 4.98 Å². The minimum absolute atomic E-state index is 0.457. The predicted octanol–water partition coefficient (Wildman–Crippen LogP) is 4.59. The number of benzene rings is 1. The fraction of sp³-hybridized carbons (Fsp3) is 0. The average Bonchev–Trinajstić information content (AvgIpc) is 2.49. The molecule has 4 heteroatoms. The van der Waals surface area contributed by atoms with Gasteiger partial charge in [0.2, 0.25) is 0 Å². The highest BCUT2D eigenvalue weighted by atomic mass is 35.5. The molecule has 0 N–H and O–H groups in total. The van der Waals surface area contributed by atoms with Crippen LogP contribution in [-0.2, 0) is 0 Å². The quantitative estimate of drug-likeness (QED) is 0.659. The fourth-order valence-electron chi connectivity index (χ4n) is 1.90. The van der Waals surface area contributed by atoms with Gasteiger partial charge in [0, 0.05) is 18.0 Å². The normalized spacial score (nSPS) is 10.2. The first-order valence-corrected chi connectivity index (χ1v) is 6.49. The zero-order valence-corrected chi connectivity index (χ0v) is 11.3. The maximum absolute atomic E-state index is 5.95. The molecule has 1 aromatic carbocycles. The number of ether oxygens (including phenoxy) is 1. The Bertz CT molecular complexity index is 716. The lowest BCUT2D eigenvalue weighted by Crippen LogP contribution is -1.89. The summed E-state index contributed by atoms with van der Waals surface area (Å²) in [4.78, 5) is 8.03. The standard InChI is InChI=1S/C16H11ClN2O/c17-16-10-12(7-9-19-16)14-5-1-2-6-15(14)20-13-4-3-8-18-11-13/h1-11H. The Balaban J connectivity index is 2.00. The number of hydrogen-bond donors (Lipinski definition) is 0. The van der Waals surface area contributed by atoms with E-state index < -0.39 is 0 Å². The van der Waals surface area contributed by atoms with Crippen LogP contribution in [0.4, 0.5) is 0 Å². The number of para-hydroxylation sites is 1. The van der Waals surface area contributed by atoms with Crippen molar-refractivity contribution in [2.75, 3.05) is 0 Å².